The molecule has 0 aliphatic heterocycles. The van der Waals surface area contributed by atoms with Crippen molar-refractivity contribution in [2.75, 3.05) is 0 Å². The molecule has 2 rings (SSSR count). The first kappa shape index (κ1) is 12.1. The second-order valence-electron chi connectivity index (χ2n) is 3.28. The van der Waals surface area contributed by atoms with Crippen LogP contribution in [-0.2, 0) is 0 Å². The maximum absolute atomic E-state index is 10.8. The zero-order valence-electron chi connectivity index (χ0n) is 9.07. The van der Waals surface area contributed by atoms with Crippen molar-refractivity contribution in [2.45, 2.75) is 9.92 Å². The van der Waals surface area contributed by atoms with Crippen LogP contribution in [-0.4, -0.2) is 21.0 Å². The summed E-state index contributed by atoms with van der Waals surface area (Å²) in [7, 11) is 0. The first-order chi connectivity index (χ1) is 8.69. The highest BCUT2D eigenvalue weighted by Crippen LogP contribution is 2.25. The van der Waals surface area contributed by atoms with Gasteiger partial charge in [0.15, 0.2) is 0 Å². The number of pyridine rings is 2. The van der Waals surface area contributed by atoms with E-state index in [1.54, 1.807) is 18.3 Å². The Morgan fingerprint density at radius 3 is 2.78 bits per heavy atom. The molecule has 0 aromatic carbocycles. The molecule has 0 aliphatic rings. The van der Waals surface area contributed by atoms with Crippen LogP contribution in [0.15, 0.2) is 46.6 Å². The average Bonchev–Trinajstić information content (AvgIpc) is 2.40. The number of nitrogens with zero attached hydrogens (tertiary/aromatic N) is 3. The van der Waals surface area contributed by atoms with Gasteiger partial charge in [0.25, 0.3) is 0 Å². The van der Waals surface area contributed by atoms with Gasteiger partial charge in [0, 0.05) is 17.3 Å². The highest BCUT2D eigenvalue weighted by molar-refractivity contribution is 7.99. The van der Waals surface area contributed by atoms with Crippen LogP contribution < -0.4 is 0 Å². The molecule has 0 saturated heterocycles. The molecule has 0 spiro atoms. The van der Waals surface area contributed by atoms with Crippen LogP contribution in [0.1, 0.15) is 16.1 Å². The number of hydrogen-bond donors (Lipinski definition) is 1. The number of rotatable bonds is 3. The minimum atomic E-state index is -0.989. The lowest BCUT2D eigenvalue weighted by Crippen LogP contribution is -1.96. The van der Waals surface area contributed by atoms with E-state index in [1.165, 1.54) is 30.1 Å². The van der Waals surface area contributed by atoms with Crippen LogP contribution in [0, 0.1) is 11.3 Å². The maximum atomic E-state index is 10.8. The number of nitriles is 1. The summed E-state index contributed by atoms with van der Waals surface area (Å²) in [5.41, 5.74) is 0.528. The summed E-state index contributed by atoms with van der Waals surface area (Å²) in [5, 5.41) is 18.0. The van der Waals surface area contributed by atoms with Gasteiger partial charge >= 0.3 is 5.97 Å². The van der Waals surface area contributed by atoms with E-state index < -0.39 is 5.97 Å². The predicted octanol–water partition coefficient (Wildman–Crippen LogP) is 2.20. The number of aromatic nitrogens is 2. The smallest absolute Gasteiger partial charge is 0.335 e. The molecular formula is C12H7N3O2S. The number of carboxylic acids is 1. The highest BCUT2D eigenvalue weighted by atomic mass is 32.2. The standard InChI is InChI=1S/C12H7N3O2S/c13-6-9-1-2-10(7-15-9)18-11-5-8(12(16)17)3-4-14-11/h1-5,7H,(H,16,17). The van der Waals surface area contributed by atoms with E-state index in [0.29, 0.717) is 10.7 Å². The predicted molar refractivity (Wildman–Crippen MR) is 64.3 cm³/mol. The van der Waals surface area contributed by atoms with E-state index in [1.807, 2.05) is 6.07 Å². The van der Waals surface area contributed by atoms with Gasteiger partial charge in [-0.2, -0.15) is 5.26 Å². The maximum Gasteiger partial charge on any atom is 0.335 e. The number of hydrogen-bond acceptors (Lipinski definition) is 5. The molecule has 0 unspecified atom stereocenters. The summed E-state index contributed by atoms with van der Waals surface area (Å²) in [6.45, 7) is 0. The van der Waals surface area contributed by atoms with Gasteiger partial charge in [0.1, 0.15) is 16.8 Å². The normalized spacial score (nSPS) is 9.72. The zero-order valence-corrected chi connectivity index (χ0v) is 9.89. The first-order valence-corrected chi connectivity index (χ1v) is 5.74. The zero-order chi connectivity index (χ0) is 13.0. The molecule has 2 aromatic rings. The van der Waals surface area contributed by atoms with Gasteiger partial charge in [-0.3, -0.25) is 0 Å². The summed E-state index contributed by atoms with van der Waals surface area (Å²) < 4.78 is 0. The van der Waals surface area contributed by atoms with Gasteiger partial charge in [0.2, 0.25) is 0 Å². The van der Waals surface area contributed by atoms with Crippen molar-refractivity contribution in [1.82, 2.24) is 9.97 Å². The topological polar surface area (TPSA) is 86.9 Å². The third-order valence-electron chi connectivity index (χ3n) is 2.06. The van der Waals surface area contributed by atoms with Crippen LogP contribution in [0.25, 0.3) is 0 Å². The van der Waals surface area contributed by atoms with E-state index >= 15 is 0 Å². The van der Waals surface area contributed by atoms with Crippen molar-refractivity contribution < 1.29 is 9.90 Å². The second kappa shape index (κ2) is 5.29. The van der Waals surface area contributed by atoms with E-state index in [0.717, 1.165) is 4.90 Å². The Morgan fingerprint density at radius 1 is 1.33 bits per heavy atom. The monoisotopic (exact) mass is 257 g/mol. The lowest BCUT2D eigenvalue weighted by molar-refractivity contribution is 0.0696. The molecule has 0 saturated carbocycles. The van der Waals surface area contributed by atoms with Gasteiger partial charge in [-0.1, -0.05) is 11.8 Å². The van der Waals surface area contributed by atoms with Crippen molar-refractivity contribution in [3.8, 4) is 6.07 Å². The van der Waals surface area contributed by atoms with Gasteiger partial charge < -0.3 is 5.11 Å². The van der Waals surface area contributed by atoms with Crippen molar-refractivity contribution in [3.05, 3.63) is 47.9 Å². The van der Waals surface area contributed by atoms with Gasteiger partial charge in [-0.15, -0.1) is 0 Å². The Morgan fingerprint density at radius 2 is 2.17 bits per heavy atom. The van der Waals surface area contributed by atoms with E-state index in [-0.39, 0.29) is 5.56 Å². The number of carbonyl (C=O) groups is 1. The number of carboxylic acid groups (broad SMARTS) is 1. The second-order valence-corrected chi connectivity index (χ2v) is 4.37. The van der Waals surface area contributed by atoms with Crippen LogP contribution in [0.5, 0.6) is 0 Å². The fourth-order valence-electron chi connectivity index (χ4n) is 1.23. The molecule has 18 heavy (non-hydrogen) atoms. The molecule has 0 aliphatic carbocycles. The van der Waals surface area contributed by atoms with Crippen molar-refractivity contribution in [1.29, 1.82) is 5.26 Å². The van der Waals surface area contributed by atoms with E-state index in [2.05, 4.69) is 9.97 Å². The molecule has 5 nitrogen and oxygen atoms in total. The molecule has 6 heteroatoms. The molecular weight excluding hydrogens is 250 g/mol. The third kappa shape index (κ3) is 2.84. The Bertz CT molecular complexity index is 620. The first-order valence-electron chi connectivity index (χ1n) is 4.92. The molecule has 2 aromatic heterocycles. The fourth-order valence-corrected chi connectivity index (χ4v) is 2.01. The Labute approximate surface area is 107 Å². The molecule has 2 heterocycles. The van der Waals surface area contributed by atoms with Crippen molar-refractivity contribution >= 4 is 17.7 Å². The Kier molecular flexibility index (Phi) is 3.55. The van der Waals surface area contributed by atoms with Gasteiger partial charge in [-0.05, 0) is 24.3 Å². The average molecular weight is 257 g/mol. The molecule has 0 atom stereocenters. The van der Waals surface area contributed by atoms with E-state index in [9.17, 15) is 4.79 Å². The van der Waals surface area contributed by atoms with Crippen LogP contribution in [0.2, 0.25) is 0 Å². The summed E-state index contributed by atoms with van der Waals surface area (Å²) in [6, 6.07) is 8.20. The lowest BCUT2D eigenvalue weighted by Gasteiger charge is -2.01. The Balaban J connectivity index is 2.20. The minimum Gasteiger partial charge on any atom is -0.478 e. The molecule has 88 valence electrons. The molecule has 1 N–H and O–H groups in total. The van der Waals surface area contributed by atoms with Crippen molar-refractivity contribution in [2.24, 2.45) is 0 Å². The Hall–Kier alpha value is -2.39. The SMILES string of the molecule is N#Cc1ccc(Sc2cc(C(=O)O)ccn2)cn1. The minimum absolute atomic E-state index is 0.189. The molecule has 0 bridgehead atoms. The van der Waals surface area contributed by atoms with Crippen LogP contribution in [0.3, 0.4) is 0 Å². The molecule has 0 radical (unpaired) electrons. The molecule has 0 amide bonds. The van der Waals surface area contributed by atoms with E-state index in [4.69, 9.17) is 10.4 Å². The third-order valence-corrected chi connectivity index (χ3v) is 2.96. The molecule has 0 fully saturated rings. The summed E-state index contributed by atoms with van der Waals surface area (Å²) >= 11 is 1.29. The lowest BCUT2D eigenvalue weighted by atomic mass is 10.3. The quantitative estimate of drug-likeness (QED) is 0.906. The summed E-state index contributed by atoms with van der Waals surface area (Å²) in [4.78, 5) is 19.6. The summed E-state index contributed by atoms with van der Waals surface area (Å²) in [5.74, 6) is -0.989. The largest absolute Gasteiger partial charge is 0.478 e. The summed E-state index contributed by atoms with van der Waals surface area (Å²) in [6.07, 6.45) is 3.00. The highest BCUT2D eigenvalue weighted by Gasteiger charge is 2.05. The fraction of sp³-hybridized carbons (Fsp3) is 0. The number of aromatic carboxylic acids is 1. The van der Waals surface area contributed by atoms with Crippen LogP contribution >= 0.6 is 11.8 Å². The van der Waals surface area contributed by atoms with Crippen molar-refractivity contribution in [3.63, 3.8) is 0 Å². The van der Waals surface area contributed by atoms with Gasteiger partial charge in [-0.25, -0.2) is 14.8 Å². The van der Waals surface area contributed by atoms with Crippen LogP contribution in [0.4, 0.5) is 0 Å². The van der Waals surface area contributed by atoms with Gasteiger partial charge in [0.05, 0.1) is 5.56 Å².